The van der Waals surface area contributed by atoms with Gasteiger partial charge in [0.25, 0.3) is 0 Å². The monoisotopic (exact) mass is 334 g/mol. The lowest BCUT2D eigenvalue weighted by Crippen LogP contribution is -2.29. The maximum Gasteiger partial charge on any atom is 0.344 e. The van der Waals surface area contributed by atoms with Crippen LogP contribution in [-0.2, 0) is 4.79 Å². The van der Waals surface area contributed by atoms with Crippen LogP contribution in [0, 0.1) is 12.8 Å². The molecule has 1 aromatic carbocycles. The number of carbonyl (C=O) groups is 1. The van der Waals surface area contributed by atoms with Gasteiger partial charge in [0.1, 0.15) is 5.75 Å². The zero-order valence-electron chi connectivity index (χ0n) is 10.5. The lowest BCUT2D eigenvalue weighted by molar-refractivity contribution is -0.145. The number of carboxylic acid groups (broad SMARTS) is 1. The van der Waals surface area contributed by atoms with Crippen molar-refractivity contribution in [3.05, 3.63) is 27.2 Å². The smallest absolute Gasteiger partial charge is 0.344 e. The van der Waals surface area contributed by atoms with Crippen LogP contribution in [0.1, 0.15) is 25.8 Å². The summed E-state index contributed by atoms with van der Waals surface area (Å²) in [7, 11) is 0. The molecule has 1 rings (SSSR count). The third-order valence-corrected chi connectivity index (χ3v) is 3.15. The van der Waals surface area contributed by atoms with Crippen molar-refractivity contribution >= 4 is 33.5 Å². The zero-order chi connectivity index (χ0) is 13.9. The second-order valence-corrected chi connectivity index (χ2v) is 5.93. The Kier molecular flexibility index (Phi) is 5.47. The van der Waals surface area contributed by atoms with E-state index in [1.54, 1.807) is 6.07 Å². The van der Waals surface area contributed by atoms with Crippen molar-refractivity contribution < 1.29 is 14.6 Å². The van der Waals surface area contributed by atoms with Crippen molar-refractivity contribution in [3.63, 3.8) is 0 Å². The fourth-order valence-corrected chi connectivity index (χ4v) is 2.62. The van der Waals surface area contributed by atoms with E-state index in [-0.39, 0.29) is 5.92 Å². The van der Waals surface area contributed by atoms with E-state index in [4.69, 9.17) is 21.4 Å². The Morgan fingerprint density at radius 2 is 2.11 bits per heavy atom. The summed E-state index contributed by atoms with van der Waals surface area (Å²) in [5.74, 6) is -0.296. The molecule has 1 N–H and O–H groups in total. The van der Waals surface area contributed by atoms with Gasteiger partial charge in [-0.3, -0.25) is 0 Å². The fraction of sp³-hybridized carbons (Fsp3) is 0.462. The van der Waals surface area contributed by atoms with Gasteiger partial charge in [0.15, 0.2) is 6.10 Å². The van der Waals surface area contributed by atoms with Gasteiger partial charge >= 0.3 is 5.97 Å². The normalized spacial score (nSPS) is 12.6. The van der Waals surface area contributed by atoms with Crippen LogP contribution in [0.4, 0.5) is 0 Å². The van der Waals surface area contributed by atoms with Gasteiger partial charge in [0.2, 0.25) is 0 Å². The van der Waals surface area contributed by atoms with Crippen LogP contribution >= 0.6 is 27.5 Å². The molecule has 0 bridgehead atoms. The topological polar surface area (TPSA) is 46.5 Å². The third kappa shape index (κ3) is 4.18. The van der Waals surface area contributed by atoms with E-state index in [1.165, 1.54) is 0 Å². The Labute approximate surface area is 120 Å². The fourth-order valence-electron chi connectivity index (χ4n) is 1.61. The highest BCUT2D eigenvalue weighted by Gasteiger charge is 2.22. The number of benzene rings is 1. The van der Waals surface area contributed by atoms with Gasteiger partial charge in [0.05, 0.1) is 5.02 Å². The molecule has 18 heavy (non-hydrogen) atoms. The number of halogens is 2. The van der Waals surface area contributed by atoms with E-state index >= 15 is 0 Å². The van der Waals surface area contributed by atoms with Crippen molar-refractivity contribution in [2.24, 2.45) is 5.92 Å². The van der Waals surface area contributed by atoms with Crippen LogP contribution < -0.4 is 4.74 Å². The van der Waals surface area contributed by atoms with Crippen LogP contribution in [0.5, 0.6) is 5.75 Å². The number of hydrogen-bond donors (Lipinski definition) is 1. The number of aryl methyl sites for hydroxylation is 1. The Balaban J connectivity index is 2.97. The van der Waals surface area contributed by atoms with Crippen LogP contribution in [0.3, 0.4) is 0 Å². The summed E-state index contributed by atoms with van der Waals surface area (Å²) < 4.78 is 6.39. The minimum atomic E-state index is -0.970. The summed E-state index contributed by atoms with van der Waals surface area (Å²) in [4.78, 5) is 11.2. The maximum absolute atomic E-state index is 11.2. The van der Waals surface area contributed by atoms with Crippen molar-refractivity contribution in [2.45, 2.75) is 33.3 Å². The van der Waals surface area contributed by atoms with E-state index in [9.17, 15) is 4.79 Å². The predicted octanol–water partition coefficient (Wildman–Crippen LogP) is 4.29. The summed E-state index contributed by atoms with van der Waals surface area (Å²) in [5, 5.41) is 9.56. The molecule has 0 aliphatic heterocycles. The maximum atomic E-state index is 11.2. The third-order valence-electron chi connectivity index (χ3n) is 2.42. The van der Waals surface area contributed by atoms with Crippen LogP contribution in [-0.4, -0.2) is 17.2 Å². The van der Waals surface area contributed by atoms with Crippen molar-refractivity contribution in [3.8, 4) is 5.75 Å². The summed E-state index contributed by atoms with van der Waals surface area (Å²) >= 11 is 9.40. The molecule has 0 aromatic heterocycles. The lowest BCUT2D eigenvalue weighted by atomic mass is 10.1. The van der Waals surface area contributed by atoms with Crippen LogP contribution in [0.2, 0.25) is 5.02 Å². The van der Waals surface area contributed by atoms with E-state index in [0.29, 0.717) is 17.2 Å². The average Bonchev–Trinajstić information content (AvgIpc) is 2.20. The molecule has 0 saturated heterocycles. The van der Waals surface area contributed by atoms with Crippen LogP contribution in [0.25, 0.3) is 0 Å². The molecule has 0 saturated carbocycles. The van der Waals surface area contributed by atoms with Crippen LogP contribution in [0.15, 0.2) is 16.6 Å². The quantitative estimate of drug-likeness (QED) is 0.873. The molecule has 1 aromatic rings. The first-order chi connectivity index (χ1) is 8.31. The first-order valence-electron chi connectivity index (χ1n) is 5.66. The molecule has 0 aliphatic carbocycles. The van der Waals surface area contributed by atoms with Crippen molar-refractivity contribution in [2.75, 3.05) is 0 Å². The van der Waals surface area contributed by atoms with E-state index in [1.807, 2.05) is 26.8 Å². The molecule has 0 spiro atoms. The highest BCUT2D eigenvalue weighted by molar-refractivity contribution is 9.10. The van der Waals surface area contributed by atoms with Gasteiger partial charge in [-0.1, -0.05) is 41.4 Å². The van der Waals surface area contributed by atoms with Crippen molar-refractivity contribution in [1.82, 2.24) is 0 Å². The standard InChI is InChI=1S/C13H16BrClO3/c1-7(2)4-11(13(16)17)18-12-8(3)5-9(14)6-10(12)15/h5-7,11H,4H2,1-3H3,(H,16,17)/t11-/m1/s1. The average molecular weight is 336 g/mol. The number of hydrogen-bond acceptors (Lipinski definition) is 2. The number of rotatable bonds is 5. The SMILES string of the molecule is Cc1cc(Br)cc(Cl)c1O[C@H](CC(C)C)C(=O)O. The molecule has 100 valence electrons. The second kappa shape index (κ2) is 6.43. The molecule has 0 unspecified atom stereocenters. The van der Waals surface area contributed by atoms with E-state index in [0.717, 1.165) is 10.0 Å². The van der Waals surface area contributed by atoms with Gasteiger partial charge in [0, 0.05) is 4.47 Å². The highest BCUT2D eigenvalue weighted by Crippen LogP contribution is 2.33. The molecule has 1 atom stereocenters. The van der Waals surface area contributed by atoms with Gasteiger partial charge in [-0.15, -0.1) is 0 Å². The van der Waals surface area contributed by atoms with Gasteiger partial charge < -0.3 is 9.84 Å². The van der Waals surface area contributed by atoms with E-state index < -0.39 is 12.1 Å². The van der Waals surface area contributed by atoms with Gasteiger partial charge in [-0.2, -0.15) is 0 Å². The summed E-state index contributed by atoms with van der Waals surface area (Å²) in [5.41, 5.74) is 0.810. The summed E-state index contributed by atoms with van der Waals surface area (Å²) in [6.45, 7) is 5.74. The second-order valence-electron chi connectivity index (χ2n) is 4.61. The summed E-state index contributed by atoms with van der Waals surface area (Å²) in [6, 6.07) is 3.54. The molecule has 0 radical (unpaired) electrons. The Hall–Kier alpha value is -0.740. The van der Waals surface area contributed by atoms with Crippen molar-refractivity contribution in [1.29, 1.82) is 0 Å². The largest absolute Gasteiger partial charge is 0.479 e. The first kappa shape index (κ1) is 15.3. The molecule has 0 amide bonds. The molecular formula is C13H16BrClO3. The van der Waals surface area contributed by atoms with Gasteiger partial charge in [-0.25, -0.2) is 4.79 Å². The minimum absolute atomic E-state index is 0.237. The van der Waals surface area contributed by atoms with E-state index in [2.05, 4.69) is 15.9 Å². The molecular weight excluding hydrogens is 319 g/mol. The molecule has 5 heteroatoms. The molecule has 3 nitrogen and oxygen atoms in total. The lowest BCUT2D eigenvalue weighted by Gasteiger charge is -2.19. The number of aliphatic carboxylic acids is 1. The number of carboxylic acids is 1. The molecule has 0 heterocycles. The summed E-state index contributed by atoms with van der Waals surface area (Å²) in [6.07, 6.45) is -0.427. The first-order valence-corrected chi connectivity index (χ1v) is 6.83. The minimum Gasteiger partial charge on any atom is -0.479 e. The Bertz CT molecular complexity index is 423. The molecule has 0 fully saturated rings. The zero-order valence-corrected chi connectivity index (χ0v) is 12.9. The molecule has 0 aliphatic rings. The number of ether oxygens (including phenoxy) is 1. The Morgan fingerprint density at radius 1 is 1.50 bits per heavy atom. The van der Waals surface area contributed by atoms with Gasteiger partial charge in [-0.05, 0) is 37.0 Å². The predicted molar refractivity (Wildman–Crippen MR) is 75.4 cm³/mol. The highest BCUT2D eigenvalue weighted by atomic mass is 79.9. The Morgan fingerprint density at radius 3 is 2.56 bits per heavy atom.